The van der Waals surface area contributed by atoms with Crippen LogP contribution in [0.4, 0.5) is 10.1 Å². The molecule has 1 aliphatic heterocycles. The molecule has 9 heteroatoms. The summed E-state index contributed by atoms with van der Waals surface area (Å²) >= 11 is 0. The second kappa shape index (κ2) is 7.24. The fraction of sp³-hybridized carbons (Fsp3) is 0.381. The molecular formula is C21H23FN4O3S. The minimum Gasteiger partial charge on any atom is -0.495 e. The number of methoxy groups -OCH3 is 1. The topological polar surface area (TPSA) is 67.2 Å². The van der Waals surface area contributed by atoms with Gasteiger partial charge in [-0.2, -0.15) is 4.31 Å². The lowest BCUT2D eigenvalue weighted by atomic mass is 10.3. The summed E-state index contributed by atoms with van der Waals surface area (Å²) < 4.78 is 48.4. The molecule has 0 radical (unpaired) electrons. The largest absolute Gasteiger partial charge is 0.495 e. The third-order valence-electron chi connectivity index (χ3n) is 5.80. The van der Waals surface area contributed by atoms with E-state index in [4.69, 9.17) is 4.74 Å². The number of fused-ring (bicyclic) bond motifs is 1. The summed E-state index contributed by atoms with van der Waals surface area (Å²) in [6, 6.07) is 7.58. The van der Waals surface area contributed by atoms with Gasteiger partial charge in [-0.1, -0.05) is 0 Å². The molecule has 7 nitrogen and oxygen atoms in total. The highest BCUT2D eigenvalue weighted by Gasteiger charge is 2.31. The van der Waals surface area contributed by atoms with Gasteiger partial charge in [0.1, 0.15) is 22.1 Å². The van der Waals surface area contributed by atoms with Crippen LogP contribution in [-0.2, 0) is 10.0 Å². The van der Waals surface area contributed by atoms with Crippen LogP contribution in [-0.4, -0.2) is 55.4 Å². The Morgan fingerprint density at radius 2 is 1.83 bits per heavy atom. The Kier molecular flexibility index (Phi) is 4.67. The Morgan fingerprint density at radius 1 is 1.07 bits per heavy atom. The summed E-state index contributed by atoms with van der Waals surface area (Å²) in [4.78, 5) is 6.70. The number of hydrogen-bond donors (Lipinski definition) is 0. The van der Waals surface area contributed by atoms with Crippen LogP contribution >= 0.6 is 0 Å². The van der Waals surface area contributed by atoms with E-state index in [0.29, 0.717) is 32.1 Å². The van der Waals surface area contributed by atoms with Crippen LogP contribution in [0.15, 0.2) is 47.6 Å². The van der Waals surface area contributed by atoms with Crippen LogP contribution in [0.3, 0.4) is 0 Å². The number of anilines is 1. The highest BCUT2D eigenvalue weighted by molar-refractivity contribution is 7.89. The molecule has 5 rings (SSSR count). The minimum absolute atomic E-state index is 0.133. The van der Waals surface area contributed by atoms with Gasteiger partial charge in [-0.05, 0) is 43.2 Å². The Hall–Kier alpha value is -2.65. The summed E-state index contributed by atoms with van der Waals surface area (Å²) in [5.41, 5.74) is 3.11. The maximum absolute atomic E-state index is 13.7. The van der Waals surface area contributed by atoms with Gasteiger partial charge in [-0.25, -0.2) is 17.8 Å². The van der Waals surface area contributed by atoms with Crippen molar-refractivity contribution in [1.82, 2.24) is 13.7 Å². The summed E-state index contributed by atoms with van der Waals surface area (Å²) in [5, 5.41) is 0. The fourth-order valence-corrected chi connectivity index (χ4v) is 5.53. The van der Waals surface area contributed by atoms with E-state index in [9.17, 15) is 12.8 Å². The molecule has 2 aliphatic rings. The number of imidazole rings is 1. The van der Waals surface area contributed by atoms with Crippen molar-refractivity contribution in [2.24, 2.45) is 0 Å². The Bertz CT molecular complexity index is 1200. The number of rotatable bonds is 5. The van der Waals surface area contributed by atoms with Crippen LogP contribution in [0, 0.1) is 5.82 Å². The first-order valence-corrected chi connectivity index (χ1v) is 11.5. The number of nitrogens with zero attached hydrogens (tertiary/aromatic N) is 4. The molecule has 158 valence electrons. The summed E-state index contributed by atoms with van der Waals surface area (Å²) in [6.45, 7) is 1.73. The molecule has 2 fully saturated rings. The van der Waals surface area contributed by atoms with Gasteiger partial charge in [0.25, 0.3) is 0 Å². The van der Waals surface area contributed by atoms with Crippen molar-refractivity contribution < 1.29 is 17.5 Å². The number of hydrogen-bond acceptors (Lipinski definition) is 5. The molecule has 1 aromatic carbocycles. The second-order valence-electron chi connectivity index (χ2n) is 7.78. The predicted molar refractivity (Wildman–Crippen MR) is 111 cm³/mol. The van der Waals surface area contributed by atoms with E-state index in [1.165, 1.54) is 36.4 Å². The standard InChI is InChI=1S/C21H23FN4O3S/c1-29-19-6-4-16(22)12-20(19)30(27,28)26-10-8-24(9-11-26)17-5-7-21-23-18(15-2-3-15)14-25(21)13-17/h4-7,12-15H,2-3,8-11H2,1H3. The van der Waals surface area contributed by atoms with Crippen LogP contribution < -0.4 is 9.64 Å². The Labute approximate surface area is 174 Å². The third kappa shape index (κ3) is 3.41. The smallest absolute Gasteiger partial charge is 0.246 e. The molecule has 0 bridgehead atoms. The number of piperazine rings is 1. The van der Waals surface area contributed by atoms with Crippen molar-refractivity contribution in [3.63, 3.8) is 0 Å². The first kappa shape index (κ1) is 19.3. The lowest BCUT2D eigenvalue weighted by Gasteiger charge is -2.35. The van der Waals surface area contributed by atoms with E-state index in [1.807, 2.05) is 22.7 Å². The van der Waals surface area contributed by atoms with Crippen molar-refractivity contribution in [1.29, 1.82) is 0 Å². The molecule has 30 heavy (non-hydrogen) atoms. The van der Waals surface area contributed by atoms with E-state index in [1.54, 1.807) is 0 Å². The zero-order valence-corrected chi connectivity index (χ0v) is 17.5. The lowest BCUT2D eigenvalue weighted by molar-refractivity contribution is 0.373. The maximum Gasteiger partial charge on any atom is 0.246 e. The zero-order valence-electron chi connectivity index (χ0n) is 16.7. The molecule has 1 saturated carbocycles. The maximum atomic E-state index is 13.7. The van der Waals surface area contributed by atoms with E-state index in [0.717, 1.165) is 23.1 Å². The van der Waals surface area contributed by atoms with Crippen molar-refractivity contribution in [3.8, 4) is 5.75 Å². The van der Waals surface area contributed by atoms with E-state index < -0.39 is 15.8 Å². The molecule has 2 aromatic heterocycles. The first-order chi connectivity index (χ1) is 14.5. The van der Waals surface area contributed by atoms with E-state index in [2.05, 4.69) is 16.1 Å². The fourth-order valence-electron chi connectivity index (χ4n) is 3.94. The van der Waals surface area contributed by atoms with Crippen molar-refractivity contribution >= 4 is 21.4 Å². The first-order valence-electron chi connectivity index (χ1n) is 10.0. The second-order valence-corrected chi connectivity index (χ2v) is 9.69. The summed E-state index contributed by atoms with van der Waals surface area (Å²) in [5.74, 6) is 0.144. The van der Waals surface area contributed by atoms with Crippen molar-refractivity contribution in [2.75, 3.05) is 38.2 Å². The zero-order chi connectivity index (χ0) is 20.9. The number of aromatic nitrogens is 2. The monoisotopic (exact) mass is 430 g/mol. The molecule has 0 atom stereocenters. The van der Waals surface area contributed by atoms with Crippen LogP contribution in [0.1, 0.15) is 24.5 Å². The number of halogens is 1. The molecule has 1 aliphatic carbocycles. The van der Waals surface area contributed by atoms with Crippen LogP contribution in [0.5, 0.6) is 5.75 Å². The normalized spacial score (nSPS) is 18.1. The molecular weight excluding hydrogens is 407 g/mol. The molecule has 0 amide bonds. The SMILES string of the molecule is COc1ccc(F)cc1S(=O)(=O)N1CCN(c2ccc3nc(C4CC4)cn3c2)CC1. The highest BCUT2D eigenvalue weighted by Crippen LogP contribution is 2.39. The molecule has 1 saturated heterocycles. The van der Waals surface area contributed by atoms with Gasteiger partial charge in [0.2, 0.25) is 10.0 Å². The van der Waals surface area contributed by atoms with E-state index >= 15 is 0 Å². The summed E-state index contributed by atoms with van der Waals surface area (Å²) in [7, 11) is -2.46. The molecule has 3 aromatic rings. The van der Waals surface area contributed by atoms with E-state index in [-0.39, 0.29) is 10.6 Å². The number of ether oxygens (including phenoxy) is 1. The summed E-state index contributed by atoms with van der Waals surface area (Å²) in [6.07, 6.45) is 6.56. The number of pyridine rings is 1. The third-order valence-corrected chi connectivity index (χ3v) is 7.72. The van der Waals surface area contributed by atoms with Gasteiger partial charge in [-0.15, -0.1) is 0 Å². The van der Waals surface area contributed by atoms with Gasteiger partial charge in [-0.3, -0.25) is 0 Å². The molecule has 0 spiro atoms. The Balaban J connectivity index is 1.33. The molecule has 0 unspecified atom stereocenters. The van der Waals surface area contributed by atoms with Crippen molar-refractivity contribution in [2.45, 2.75) is 23.7 Å². The van der Waals surface area contributed by atoms with Gasteiger partial charge >= 0.3 is 0 Å². The average Bonchev–Trinajstić information content (AvgIpc) is 3.52. The van der Waals surface area contributed by atoms with Crippen LogP contribution in [0.25, 0.3) is 5.65 Å². The van der Waals surface area contributed by atoms with Crippen molar-refractivity contribution in [3.05, 3.63) is 54.2 Å². The van der Waals surface area contributed by atoms with Gasteiger partial charge in [0, 0.05) is 44.5 Å². The highest BCUT2D eigenvalue weighted by atomic mass is 32.2. The quantitative estimate of drug-likeness (QED) is 0.623. The predicted octanol–water partition coefficient (Wildman–Crippen LogP) is 2.87. The average molecular weight is 431 g/mol. The number of benzene rings is 1. The molecule has 3 heterocycles. The van der Waals surface area contributed by atoms with Gasteiger partial charge < -0.3 is 14.0 Å². The Morgan fingerprint density at radius 3 is 2.53 bits per heavy atom. The minimum atomic E-state index is -3.84. The number of sulfonamides is 1. The van der Waals surface area contributed by atoms with Crippen LogP contribution in [0.2, 0.25) is 0 Å². The lowest BCUT2D eigenvalue weighted by Crippen LogP contribution is -2.48. The molecule has 0 N–H and O–H groups in total. The van der Waals surface area contributed by atoms with Gasteiger partial charge in [0.15, 0.2) is 0 Å². The van der Waals surface area contributed by atoms with Gasteiger partial charge in [0.05, 0.1) is 18.5 Å².